The molecule has 26 heavy (non-hydrogen) atoms. The van der Waals surface area contributed by atoms with Gasteiger partial charge in [0.1, 0.15) is 11.5 Å². The Bertz CT molecular complexity index is 699. The van der Waals surface area contributed by atoms with Crippen LogP contribution in [0.1, 0.15) is 23.6 Å². The van der Waals surface area contributed by atoms with Crippen LogP contribution in [0.3, 0.4) is 0 Å². The number of rotatable bonds is 9. The van der Waals surface area contributed by atoms with Gasteiger partial charge in [-0.2, -0.15) is 0 Å². The molecule has 0 heterocycles. The summed E-state index contributed by atoms with van der Waals surface area (Å²) in [4.78, 5) is 14.3. The van der Waals surface area contributed by atoms with Crippen molar-refractivity contribution >= 4 is 5.91 Å². The number of benzene rings is 2. The highest BCUT2D eigenvalue weighted by molar-refractivity contribution is 5.76. The van der Waals surface area contributed by atoms with Gasteiger partial charge in [-0.1, -0.05) is 24.3 Å². The number of hydrogen-bond donors (Lipinski definition) is 1. The molecule has 0 saturated heterocycles. The summed E-state index contributed by atoms with van der Waals surface area (Å²) in [5.41, 5.74) is 2.24. The molecular formula is C21H28N2O3. The second-order valence-electron chi connectivity index (χ2n) is 6.41. The van der Waals surface area contributed by atoms with E-state index in [0.717, 1.165) is 22.6 Å². The minimum atomic E-state index is 0.0514. The van der Waals surface area contributed by atoms with Gasteiger partial charge in [0.25, 0.3) is 0 Å². The lowest BCUT2D eigenvalue weighted by molar-refractivity contribution is -0.121. The maximum atomic E-state index is 12.2. The quantitative estimate of drug-likeness (QED) is 0.750. The van der Waals surface area contributed by atoms with Crippen molar-refractivity contribution in [2.24, 2.45) is 0 Å². The zero-order valence-corrected chi connectivity index (χ0v) is 16.0. The molecule has 0 fully saturated rings. The first-order chi connectivity index (χ1) is 12.5. The van der Waals surface area contributed by atoms with Gasteiger partial charge < -0.3 is 19.7 Å². The third-order valence-electron chi connectivity index (χ3n) is 4.39. The van der Waals surface area contributed by atoms with Crippen molar-refractivity contribution in [3.63, 3.8) is 0 Å². The highest BCUT2D eigenvalue weighted by Gasteiger charge is 2.16. The van der Waals surface area contributed by atoms with E-state index in [1.54, 1.807) is 14.2 Å². The third kappa shape index (κ3) is 5.77. The maximum absolute atomic E-state index is 12.2. The van der Waals surface area contributed by atoms with Crippen molar-refractivity contribution in [1.29, 1.82) is 0 Å². The van der Waals surface area contributed by atoms with Gasteiger partial charge in [0.15, 0.2) is 0 Å². The van der Waals surface area contributed by atoms with E-state index >= 15 is 0 Å². The summed E-state index contributed by atoms with van der Waals surface area (Å²) in [6.45, 7) is 0.557. The number of aryl methyl sites for hydroxylation is 1. The number of ether oxygens (including phenoxy) is 2. The van der Waals surface area contributed by atoms with Crippen molar-refractivity contribution in [3.8, 4) is 11.5 Å². The molecule has 0 aliphatic rings. The molecule has 0 radical (unpaired) electrons. The van der Waals surface area contributed by atoms with Gasteiger partial charge in [-0.15, -0.1) is 0 Å². The van der Waals surface area contributed by atoms with Crippen molar-refractivity contribution < 1.29 is 14.3 Å². The minimum absolute atomic E-state index is 0.0514. The molecule has 0 spiro atoms. The third-order valence-corrected chi connectivity index (χ3v) is 4.39. The molecule has 0 unspecified atom stereocenters. The molecule has 0 saturated carbocycles. The Hall–Kier alpha value is -2.53. The molecule has 1 amide bonds. The topological polar surface area (TPSA) is 50.8 Å². The molecule has 1 N–H and O–H groups in total. The summed E-state index contributed by atoms with van der Waals surface area (Å²) >= 11 is 0. The Balaban J connectivity index is 1.88. The lowest BCUT2D eigenvalue weighted by Crippen LogP contribution is -2.34. The van der Waals surface area contributed by atoms with Crippen LogP contribution in [-0.2, 0) is 11.2 Å². The Morgan fingerprint density at radius 2 is 1.73 bits per heavy atom. The van der Waals surface area contributed by atoms with Crippen LogP contribution >= 0.6 is 0 Å². The Kier molecular flexibility index (Phi) is 7.48. The van der Waals surface area contributed by atoms with Crippen LogP contribution in [-0.4, -0.2) is 45.7 Å². The summed E-state index contributed by atoms with van der Waals surface area (Å²) in [5.74, 6) is 1.70. The van der Waals surface area contributed by atoms with Gasteiger partial charge in [0.05, 0.1) is 20.3 Å². The zero-order valence-electron chi connectivity index (χ0n) is 16.0. The van der Waals surface area contributed by atoms with Gasteiger partial charge in [-0.05, 0) is 55.9 Å². The molecule has 5 heteroatoms. The van der Waals surface area contributed by atoms with Crippen LogP contribution in [0.25, 0.3) is 0 Å². The van der Waals surface area contributed by atoms with E-state index in [4.69, 9.17) is 9.47 Å². The molecule has 1 atom stereocenters. The number of hydrogen-bond acceptors (Lipinski definition) is 4. The summed E-state index contributed by atoms with van der Waals surface area (Å²) in [6, 6.07) is 15.9. The van der Waals surface area contributed by atoms with E-state index in [0.29, 0.717) is 19.4 Å². The maximum Gasteiger partial charge on any atom is 0.220 e. The zero-order chi connectivity index (χ0) is 18.9. The Morgan fingerprint density at radius 1 is 1.04 bits per heavy atom. The van der Waals surface area contributed by atoms with Gasteiger partial charge >= 0.3 is 0 Å². The SMILES string of the molecule is COc1ccc(CCC(=O)NC[C@H](c2cccc(OC)c2)N(C)C)cc1. The molecule has 0 aliphatic carbocycles. The average molecular weight is 356 g/mol. The van der Waals surface area contributed by atoms with Crippen LogP contribution in [0.5, 0.6) is 11.5 Å². The molecule has 2 aromatic rings. The normalized spacial score (nSPS) is 11.9. The second kappa shape index (κ2) is 9.82. The molecule has 2 aromatic carbocycles. The first kappa shape index (κ1) is 19.8. The number of nitrogens with zero attached hydrogens (tertiary/aromatic N) is 1. The van der Waals surface area contributed by atoms with Crippen molar-refractivity contribution in [2.75, 3.05) is 34.9 Å². The number of carbonyl (C=O) groups excluding carboxylic acids is 1. The highest BCUT2D eigenvalue weighted by Crippen LogP contribution is 2.22. The van der Waals surface area contributed by atoms with E-state index in [1.165, 1.54) is 0 Å². The van der Waals surface area contributed by atoms with Crippen molar-refractivity contribution in [3.05, 3.63) is 59.7 Å². The first-order valence-electron chi connectivity index (χ1n) is 8.73. The minimum Gasteiger partial charge on any atom is -0.497 e. The number of carbonyl (C=O) groups is 1. The highest BCUT2D eigenvalue weighted by atomic mass is 16.5. The Morgan fingerprint density at radius 3 is 2.35 bits per heavy atom. The Labute approximate surface area is 155 Å². The first-order valence-corrected chi connectivity index (χ1v) is 8.73. The van der Waals surface area contributed by atoms with Gasteiger partial charge in [0, 0.05) is 13.0 Å². The average Bonchev–Trinajstić information content (AvgIpc) is 2.66. The standard InChI is InChI=1S/C21H28N2O3/c1-23(2)20(17-6-5-7-19(14-17)26-4)15-22-21(24)13-10-16-8-11-18(25-3)12-9-16/h5-9,11-12,14,20H,10,13,15H2,1-4H3,(H,22,24)/t20-/m1/s1. The van der Waals surface area contributed by atoms with Gasteiger partial charge in [-0.25, -0.2) is 0 Å². The van der Waals surface area contributed by atoms with E-state index in [2.05, 4.69) is 16.3 Å². The van der Waals surface area contributed by atoms with E-state index < -0.39 is 0 Å². The van der Waals surface area contributed by atoms with E-state index in [1.807, 2.05) is 56.6 Å². The molecule has 5 nitrogen and oxygen atoms in total. The van der Waals surface area contributed by atoms with Gasteiger partial charge in [-0.3, -0.25) is 4.79 Å². The molecule has 0 aromatic heterocycles. The predicted octanol–water partition coefficient (Wildman–Crippen LogP) is 3.06. The molecule has 0 bridgehead atoms. The molecular weight excluding hydrogens is 328 g/mol. The summed E-state index contributed by atoms with van der Waals surface area (Å²) in [7, 11) is 7.32. The molecule has 140 valence electrons. The second-order valence-corrected chi connectivity index (χ2v) is 6.41. The number of methoxy groups -OCH3 is 2. The van der Waals surface area contributed by atoms with Crippen LogP contribution in [0, 0.1) is 0 Å². The van der Waals surface area contributed by atoms with Crippen LogP contribution in [0.2, 0.25) is 0 Å². The molecule has 0 aliphatic heterocycles. The number of likely N-dealkylation sites (N-methyl/N-ethyl adjacent to an activating group) is 1. The molecule has 2 rings (SSSR count). The van der Waals surface area contributed by atoms with Crippen LogP contribution in [0.4, 0.5) is 0 Å². The monoisotopic (exact) mass is 356 g/mol. The predicted molar refractivity (Wildman–Crippen MR) is 104 cm³/mol. The van der Waals surface area contributed by atoms with Crippen molar-refractivity contribution in [1.82, 2.24) is 10.2 Å². The fourth-order valence-electron chi connectivity index (χ4n) is 2.80. The van der Waals surface area contributed by atoms with E-state index in [-0.39, 0.29) is 11.9 Å². The van der Waals surface area contributed by atoms with Gasteiger partial charge in [0.2, 0.25) is 5.91 Å². The smallest absolute Gasteiger partial charge is 0.220 e. The summed E-state index contributed by atoms with van der Waals surface area (Å²) in [6.07, 6.45) is 1.17. The van der Waals surface area contributed by atoms with Crippen LogP contribution < -0.4 is 14.8 Å². The van der Waals surface area contributed by atoms with E-state index in [9.17, 15) is 4.79 Å². The fraction of sp³-hybridized carbons (Fsp3) is 0.381. The lowest BCUT2D eigenvalue weighted by atomic mass is 10.1. The summed E-state index contributed by atoms with van der Waals surface area (Å²) in [5, 5.41) is 3.05. The van der Waals surface area contributed by atoms with Crippen LogP contribution in [0.15, 0.2) is 48.5 Å². The fourth-order valence-corrected chi connectivity index (χ4v) is 2.80. The number of amides is 1. The largest absolute Gasteiger partial charge is 0.497 e. The summed E-state index contributed by atoms with van der Waals surface area (Å²) < 4.78 is 10.4. The number of nitrogens with one attached hydrogen (secondary N) is 1. The van der Waals surface area contributed by atoms with Crippen molar-refractivity contribution in [2.45, 2.75) is 18.9 Å². The lowest BCUT2D eigenvalue weighted by Gasteiger charge is -2.25.